The van der Waals surface area contributed by atoms with Gasteiger partial charge in [-0.05, 0) is 6.07 Å². The van der Waals surface area contributed by atoms with Gasteiger partial charge in [-0.25, -0.2) is 0 Å². The number of ether oxygens (including phenoxy) is 1. The third-order valence-electron chi connectivity index (χ3n) is 1.35. The fourth-order valence-electron chi connectivity index (χ4n) is 0.719. The van der Waals surface area contributed by atoms with Crippen molar-refractivity contribution >= 4 is 5.97 Å². The Labute approximate surface area is 64.8 Å². The zero-order valence-corrected chi connectivity index (χ0v) is 6.57. The van der Waals surface area contributed by atoms with Crippen LogP contribution in [0.3, 0.4) is 0 Å². The Morgan fingerprint density at radius 3 is 3.00 bits per heavy atom. The quantitative estimate of drug-likeness (QED) is 0.582. The molecule has 0 atom stereocenters. The molecule has 0 saturated carbocycles. The lowest BCUT2D eigenvalue weighted by Gasteiger charge is -2.00. The molecule has 0 fully saturated rings. The van der Waals surface area contributed by atoms with Crippen LogP contribution in [-0.4, -0.2) is 15.7 Å². The Balaban J connectivity index is 2.51. The van der Waals surface area contributed by atoms with Crippen molar-refractivity contribution in [2.75, 3.05) is 0 Å². The minimum Gasteiger partial charge on any atom is -0.459 e. The van der Waals surface area contributed by atoms with Gasteiger partial charge in [0.15, 0.2) is 0 Å². The number of rotatable bonds is 2. The van der Waals surface area contributed by atoms with Gasteiger partial charge in [-0.15, -0.1) is 0 Å². The van der Waals surface area contributed by atoms with Gasteiger partial charge in [0.25, 0.3) is 0 Å². The van der Waals surface area contributed by atoms with Crippen molar-refractivity contribution in [1.82, 2.24) is 9.78 Å². The molecule has 0 aliphatic heterocycles. The molecule has 0 unspecified atom stereocenters. The minimum absolute atomic E-state index is 0.272. The van der Waals surface area contributed by atoms with E-state index in [1.807, 2.05) is 6.07 Å². The van der Waals surface area contributed by atoms with E-state index in [1.165, 1.54) is 6.92 Å². The molecule has 0 aliphatic rings. The summed E-state index contributed by atoms with van der Waals surface area (Å²) in [6.07, 6.45) is 1.67. The van der Waals surface area contributed by atoms with Gasteiger partial charge in [0.1, 0.15) is 6.61 Å². The molecule has 0 aromatic carbocycles. The summed E-state index contributed by atoms with van der Waals surface area (Å²) in [6, 6.07) is 1.81. The third kappa shape index (κ3) is 2.07. The van der Waals surface area contributed by atoms with E-state index in [-0.39, 0.29) is 5.97 Å². The van der Waals surface area contributed by atoms with Crippen LogP contribution in [0.5, 0.6) is 0 Å². The van der Waals surface area contributed by atoms with E-state index >= 15 is 0 Å². The van der Waals surface area contributed by atoms with Crippen LogP contribution >= 0.6 is 0 Å². The number of esters is 1. The van der Waals surface area contributed by atoms with Gasteiger partial charge in [-0.2, -0.15) is 5.10 Å². The summed E-state index contributed by atoms with van der Waals surface area (Å²) in [7, 11) is 1.80. The van der Waals surface area contributed by atoms with Gasteiger partial charge >= 0.3 is 5.97 Å². The topological polar surface area (TPSA) is 44.1 Å². The first-order chi connectivity index (χ1) is 5.20. The number of carbonyl (C=O) groups excluding carboxylic acids is 1. The van der Waals surface area contributed by atoms with Crippen LogP contribution < -0.4 is 0 Å². The molecule has 60 valence electrons. The summed E-state index contributed by atoms with van der Waals surface area (Å²) in [5.41, 5.74) is 0.889. The lowest BCUT2D eigenvalue weighted by Crippen LogP contribution is -2.03. The molecule has 0 bridgehead atoms. The maximum atomic E-state index is 10.4. The van der Waals surface area contributed by atoms with Crippen molar-refractivity contribution in [3.8, 4) is 0 Å². The molecule has 4 nitrogen and oxygen atoms in total. The first-order valence-corrected chi connectivity index (χ1v) is 3.30. The molecule has 4 heteroatoms. The molecule has 1 aromatic heterocycles. The van der Waals surface area contributed by atoms with Gasteiger partial charge in [0, 0.05) is 20.2 Å². The van der Waals surface area contributed by atoms with Crippen molar-refractivity contribution < 1.29 is 9.53 Å². The van der Waals surface area contributed by atoms with Crippen LogP contribution in [0.1, 0.15) is 12.6 Å². The SMILES string of the molecule is CC(=O)OCc1ccnn1C. The van der Waals surface area contributed by atoms with E-state index < -0.39 is 0 Å². The summed E-state index contributed by atoms with van der Waals surface area (Å²) in [5, 5.41) is 3.92. The number of aryl methyl sites for hydroxylation is 1. The van der Waals surface area contributed by atoms with Crippen molar-refractivity contribution in [3.63, 3.8) is 0 Å². The Bertz CT molecular complexity index is 255. The number of hydrogen-bond acceptors (Lipinski definition) is 3. The highest BCUT2D eigenvalue weighted by molar-refractivity contribution is 5.65. The minimum atomic E-state index is -0.272. The van der Waals surface area contributed by atoms with Crippen LogP contribution in [0.4, 0.5) is 0 Å². The van der Waals surface area contributed by atoms with E-state index in [4.69, 9.17) is 4.74 Å². The van der Waals surface area contributed by atoms with Crippen LogP contribution in [0.2, 0.25) is 0 Å². The monoisotopic (exact) mass is 154 g/mol. The van der Waals surface area contributed by atoms with Crippen molar-refractivity contribution in [3.05, 3.63) is 18.0 Å². The molecular formula is C7H10N2O2. The van der Waals surface area contributed by atoms with Gasteiger partial charge in [-0.3, -0.25) is 9.48 Å². The standard InChI is InChI=1S/C7H10N2O2/c1-6(10)11-5-7-3-4-8-9(7)2/h3-4H,5H2,1-2H3. The Kier molecular flexibility index (Phi) is 2.25. The second kappa shape index (κ2) is 3.18. The van der Waals surface area contributed by atoms with Gasteiger partial charge in [-0.1, -0.05) is 0 Å². The predicted octanol–water partition coefficient (Wildman–Crippen LogP) is 0.483. The highest BCUT2D eigenvalue weighted by Gasteiger charge is 1.99. The van der Waals surface area contributed by atoms with Gasteiger partial charge < -0.3 is 4.74 Å². The highest BCUT2D eigenvalue weighted by Crippen LogP contribution is 1.97. The first-order valence-electron chi connectivity index (χ1n) is 3.30. The average Bonchev–Trinajstić information content (AvgIpc) is 2.31. The second-order valence-electron chi connectivity index (χ2n) is 2.23. The summed E-state index contributed by atoms with van der Waals surface area (Å²) in [5.74, 6) is -0.272. The predicted molar refractivity (Wildman–Crippen MR) is 38.7 cm³/mol. The van der Waals surface area contributed by atoms with Crippen molar-refractivity contribution in [2.24, 2.45) is 7.05 Å². The zero-order chi connectivity index (χ0) is 8.27. The van der Waals surface area contributed by atoms with Crippen LogP contribution in [0.25, 0.3) is 0 Å². The molecule has 11 heavy (non-hydrogen) atoms. The summed E-state index contributed by atoms with van der Waals surface area (Å²) < 4.78 is 6.44. The Morgan fingerprint density at radius 1 is 1.82 bits per heavy atom. The smallest absolute Gasteiger partial charge is 0.303 e. The molecule has 0 aliphatic carbocycles. The van der Waals surface area contributed by atoms with E-state index in [0.717, 1.165) is 5.69 Å². The normalized spacial score (nSPS) is 9.64. The number of hydrogen-bond donors (Lipinski definition) is 0. The molecule has 0 amide bonds. The Morgan fingerprint density at radius 2 is 2.55 bits per heavy atom. The number of aromatic nitrogens is 2. The fraction of sp³-hybridized carbons (Fsp3) is 0.429. The second-order valence-corrected chi connectivity index (χ2v) is 2.23. The van der Waals surface area contributed by atoms with E-state index in [0.29, 0.717) is 6.61 Å². The van der Waals surface area contributed by atoms with Crippen LogP contribution in [-0.2, 0) is 23.2 Å². The molecular weight excluding hydrogens is 144 g/mol. The molecule has 0 saturated heterocycles. The molecule has 0 radical (unpaired) electrons. The maximum Gasteiger partial charge on any atom is 0.303 e. The Hall–Kier alpha value is -1.32. The first kappa shape index (κ1) is 7.78. The molecule has 1 aromatic rings. The lowest BCUT2D eigenvalue weighted by atomic mass is 10.4. The largest absolute Gasteiger partial charge is 0.459 e. The number of carbonyl (C=O) groups is 1. The molecule has 0 N–H and O–H groups in total. The molecule has 1 rings (SSSR count). The van der Waals surface area contributed by atoms with E-state index in [9.17, 15) is 4.79 Å². The van der Waals surface area contributed by atoms with Crippen LogP contribution in [0.15, 0.2) is 12.3 Å². The van der Waals surface area contributed by atoms with E-state index in [2.05, 4.69) is 5.10 Å². The van der Waals surface area contributed by atoms with E-state index in [1.54, 1.807) is 17.9 Å². The zero-order valence-electron chi connectivity index (χ0n) is 6.57. The van der Waals surface area contributed by atoms with Crippen molar-refractivity contribution in [1.29, 1.82) is 0 Å². The number of nitrogens with zero attached hydrogens (tertiary/aromatic N) is 2. The summed E-state index contributed by atoms with van der Waals surface area (Å²) in [4.78, 5) is 10.4. The van der Waals surface area contributed by atoms with Crippen molar-refractivity contribution in [2.45, 2.75) is 13.5 Å². The summed E-state index contributed by atoms with van der Waals surface area (Å²) >= 11 is 0. The third-order valence-corrected chi connectivity index (χ3v) is 1.35. The molecule has 1 heterocycles. The lowest BCUT2D eigenvalue weighted by molar-refractivity contribution is -0.142. The van der Waals surface area contributed by atoms with Crippen LogP contribution in [0, 0.1) is 0 Å². The molecule has 0 spiro atoms. The fourth-order valence-corrected chi connectivity index (χ4v) is 0.719. The summed E-state index contributed by atoms with van der Waals surface area (Å²) in [6.45, 7) is 1.68. The van der Waals surface area contributed by atoms with Gasteiger partial charge in [0.05, 0.1) is 5.69 Å². The highest BCUT2D eigenvalue weighted by atomic mass is 16.5. The van der Waals surface area contributed by atoms with Gasteiger partial charge in [0.2, 0.25) is 0 Å². The maximum absolute atomic E-state index is 10.4. The average molecular weight is 154 g/mol.